The molecule has 1 unspecified atom stereocenters. The highest BCUT2D eigenvalue weighted by atomic mass is 16.5. The average Bonchev–Trinajstić information content (AvgIpc) is 2.45. The van der Waals surface area contributed by atoms with Crippen LogP contribution < -0.4 is 4.90 Å². The number of ether oxygens (including phenoxy) is 1. The van der Waals surface area contributed by atoms with Crippen molar-refractivity contribution in [2.75, 3.05) is 25.1 Å². The molecule has 1 aromatic heterocycles. The Hall–Kier alpha value is -1.69. The van der Waals surface area contributed by atoms with Gasteiger partial charge in [-0.25, -0.2) is 14.8 Å². The van der Waals surface area contributed by atoms with Gasteiger partial charge in [0.1, 0.15) is 0 Å². The molecule has 2 heterocycles. The van der Waals surface area contributed by atoms with Gasteiger partial charge >= 0.3 is 5.97 Å². The van der Waals surface area contributed by atoms with E-state index in [1.807, 2.05) is 11.9 Å². The Morgan fingerprint density at radius 2 is 2.30 bits per heavy atom. The van der Waals surface area contributed by atoms with Crippen molar-refractivity contribution in [2.45, 2.75) is 38.7 Å². The molecule has 1 atom stereocenters. The Morgan fingerprint density at radius 1 is 1.50 bits per heavy atom. The molecule has 0 aliphatic carbocycles. The average molecular weight is 279 g/mol. The quantitative estimate of drug-likeness (QED) is 0.887. The molecule has 6 heteroatoms. The minimum absolute atomic E-state index is 0.0354. The Balaban J connectivity index is 1.97. The van der Waals surface area contributed by atoms with Crippen molar-refractivity contribution in [3.05, 3.63) is 17.5 Å². The van der Waals surface area contributed by atoms with Gasteiger partial charge in [0.2, 0.25) is 5.95 Å². The minimum atomic E-state index is -1.03. The number of anilines is 1. The minimum Gasteiger partial charge on any atom is -0.477 e. The Morgan fingerprint density at radius 3 is 2.95 bits per heavy atom. The summed E-state index contributed by atoms with van der Waals surface area (Å²) < 4.78 is 5.69. The summed E-state index contributed by atoms with van der Waals surface area (Å²) in [5.41, 5.74) is 0.696. The third kappa shape index (κ3) is 3.90. The van der Waals surface area contributed by atoms with Gasteiger partial charge in [-0.15, -0.1) is 0 Å². The van der Waals surface area contributed by atoms with Crippen molar-refractivity contribution in [1.82, 2.24) is 9.97 Å². The van der Waals surface area contributed by atoms with Crippen molar-refractivity contribution < 1.29 is 14.6 Å². The lowest BCUT2D eigenvalue weighted by atomic mass is 10.1. The maximum atomic E-state index is 11.0. The molecule has 1 aliphatic rings. The van der Waals surface area contributed by atoms with Crippen LogP contribution in [-0.2, 0) is 4.74 Å². The van der Waals surface area contributed by atoms with E-state index in [-0.39, 0.29) is 5.69 Å². The number of nitrogens with zero attached hydrogens (tertiary/aromatic N) is 3. The summed E-state index contributed by atoms with van der Waals surface area (Å²) >= 11 is 0. The fraction of sp³-hybridized carbons (Fsp3) is 0.643. The fourth-order valence-corrected chi connectivity index (χ4v) is 2.31. The predicted octanol–water partition coefficient (Wildman–Crippen LogP) is 1.88. The third-order valence-electron chi connectivity index (χ3n) is 3.46. The number of aryl methyl sites for hydroxylation is 1. The summed E-state index contributed by atoms with van der Waals surface area (Å²) in [6.07, 6.45) is 4.68. The second-order valence-corrected chi connectivity index (χ2v) is 5.20. The molecule has 0 aromatic carbocycles. The molecule has 0 saturated carbocycles. The van der Waals surface area contributed by atoms with Gasteiger partial charge in [-0.3, -0.25) is 0 Å². The molecule has 0 radical (unpaired) electrons. The maximum Gasteiger partial charge on any atom is 0.354 e. The molecule has 0 amide bonds. The van der Waals surface area contributed by atoms with Crippen LogP contribution in [0.2, 0.25) is 0 Å². The molecule has 1 saturated heterocycles. The zero-order valence-electron chi connectivity index (χ0n) is 12.0. The molecule has 6 nitrogen and oxygen atoms in total. The van der Waals surface area contributed by atoms with Crippen LogP contribution in [0.25, 0.3) is 0 Å². The molecule has 1 fully saturated rings. The third-order valence-corrected chi connectivity index (χ3v) is 3.46. The van der Waals surface area contributed by atoms with E-state index in [9.17, 15) is 4.79 Å². The molecule has 2 rings (SSSR count). The molecule has 0 spiro atoms. The summed E-state index contributed by atoms with van der Waals surface area (Å²) in [6, 6.07) is 1.48. The van der Waals surface area contributed by atoms with Crippen LogP contribution in [0.5, 0.6) is 0 Å². The van der Waals surface area contributed by atoms with Crippen LogP contribution in [0.3, 0.4) is 0 Å². The number of carboxylic acid groups (broad SMARTS) is 1. The fourth-order valence-electron chi connectivity index (χ4n) is 2.31. The normalized spacial score (nSPS) is 18.8. The lowest BCUT2D eigenvalue weighted by molar-refractivity contribution is 0.0126. The number of aromatic carboxylic acids is 1. The monoisotopic (exact) mass is 279 g/mol. The highest BCUT2D eigenvalue weighted by Gasteiger charge is 2.16. The van der Waals surface area contributed by atoms with Crippen LogP contribution in [0.1, 0.15) is 41.9 Å². The van der Waals surface area contributed by atoms with Crippen LogP contribution in [-0.4, -0.2) is 47.3 Å². The molecule has 0 bridgehead atoms. The Kier molecular flexibility index (Phi) is 4.89. The van der Waals surface area contributed by atoms with Gasteiger partial charge in [-0.2, -0.15) is 0 Å². The first-order valence-electron chi connectivity index (χ1n) is 6.98. The molecule has 110 valence electrons. The molecule has 1 aromatic rings. The molecule has 1 N–H and O–H groups in total. The van der Waals surface area contributed by atoms with E-state index in [0.717, 1.165) is 32.4 Å². The van der Waals surface area contributed by atoms with Gasteiger partial charge in [0.15, 0.2) is 5.69 Å². The van der Waals surface area contributed by atoms with E-state index >= 15 is 0 Å². The highest BCUT2D eigenvalue weighted by Crippen LogP contribution is 2.17. The Bertz CT molecular complexity index is 473. The first-order valence-corrected chi connectivity index (χ1v) is 6.98. The van der Waals surface area contributed by atoms with E-state index in [1.165, 1.54) is 12.5 Å². The molecular weight excluding hydrogens is 258 g/mol. The van der Waals surface area contributed by atoms with E-state index in [2.05, 4.69) is 9.97 Å². The maximum absolute atomic E-state index is 11.0. The van der Waals surface area contributed by atoms with Gasteiger partial charge in [0.25, 0.3) is 0 Å². The van der Waals surface area contributed by atoms with Crippen LogP contribution in [0.15, 0.2) is 6.07 Å². The summed E-state index contributed by atoms with van der Waals surface area (Å²) in [4.78, 5) is 21.3. The topological polar surface area (TPSA) is 75.5 Å². The molecule has 1 aliphatic heterocycles. The zero-order valence-corrected chi connectivity index (χ0v) is 12.0. The SMILES string of the molecule is Cc1cc(C(=O)O)nc(N(C)CCC2CCCCO2)n1. The number of carboxylic acids is 1. The summed E-state index contributed by atoms with van der Waals surface area (Å²) in [5.74, 6) is -0.570. The first-order chi connectivity index (χ1) is 9.56. The van der Waals surface area contributed by atoms with E-state index in [1.54, 1.807) is 6.92 Å². The smallest absolute Gasteiger partial charge is 0.354 e. The predicted molar refractivity (Wildman–Crippen MR) is 75.2 cm³/mol. The number of hydrogen-bond acceptors (Lipinski definition) is 5. The zero-order chi connectivity index (χ0) is 14.5. The van der Waals surface area contributed by atoms with Crippen molar-refractivity contribution in [1.29, 1.82) is 0 Å². The van der Waals surface area contributed by atoms with E-state index < -0.39 is 5.97 Å². The second kappa shape index (κ2) is 6.65. The van der Waals surface area contributed by atoms with E-state index in [0.29, 0.717) is 17.7 Å². The number of aromatic nitrogens is 2. The lowest BCUT2D eigenvalue weighted by Crippen LogP contribution is -2.28. The van der Waals surface area contributed by atoms with Crippen molar-refractivity contribution in [2.24, 2.45) is 0 Å². The summed E-state index contributed by atoms with van der Waals surface area (Å²) in [5, 5.41) is 9.02. The number of hydrogen-bond donors (Lipinski definition) is 1. The summed E-state index contributed by atoms with van der Waals surface area (Å²) in [6.45, 7) is 3.38. The van der Waals surface area contributed by atoms with E-state index in [4.69, 9.17) is 9.84 Å². The lowest BCUT2D eigenvalue weighted by Gasteiger charge is -2.25. The van der Waals surface area contributed by atoms with Gasteiger partial charge in [0.05, 0.1) is 6.10 Å². The van der Waals surface area contributed by atoms with Gasteiger partial charge < -0.3 is 14.7 Å². The summed E-state index contributed by atoms with van der Waals surface area (Å²) in [7, 11) is 1.88. The van der Waals surface area contributed by atoms with Crippen molar-refractivity contribution >= 4 is 11.9 Å². The first kappa shape index (κ1) is 14.7. The highest BCUT2D eigenvalue weighted by molar-refractivity contribution is 5.85. The Labute approximate surface area is 118 Å². The number of carbonyl (C=O) groups is 1. The van der Waals surface area contributed by atoms with Crippen molar-refractivity contribution in [3.63, 3.8) is 0 Å². The standard InChI is InChI=1S/C14H21N3O3/c1-10-9-12(13(18)19)16-14(15-10)17(2)7-6-11-5-3-4-8-20-11/h9,11H,3-8H2,1-2H3,(H,18,19). The van der Waals surface area contributed by atoms with Crippen molar-refractivity contribution in [3.8, 4) is 0 Å². The molecule has 20 heavy (non-hydrogen) atoms. The van der Waals surface area contributed by atoms with Gasteiger partial charge in [-0.05, 0) is 38.7 Å². The van der Waals surface area contributed by atoms with Crippen LogP contribution >= 0.6 is 0 Å². The largest absolute Gasteiger partial charge is 0.477 e. The van der Waals surface area contributed by atoms with Crippen LogP contribution in [0.4, 0.5) is 5.95 Å². The second-order valence-electron chi connectivity index (χ2n) is 5.20. The van der Waals surface area contributed by atoms with Gasteiger partial charge in [0, 0.05) is 25.9 Å². The molecular formula is C14H21N3O3. The number of rotatable bonds is 5. The van der Waals surface area contributed by atoms with Gasteiger partial charge in [-0.1, -0.05) is 0 Å². The van der Waals surface area contributed by atoms with Crippen LogP contribution in [0, 0.1) is 6.92 Å².